The Morgan fingerprint density at radius 3 is 2.33 bits per heavy atom. The fourth-order valence-electron chi connectivity index (χ4n) is 3.20. The number of hydrogen-bond donors (Lipinski definition) is 2. The van der Waals surface area contributed by atoms with E-state index in [1.807, 2.05) is 12.1 Å². The number of carbonyl (C=O) groups excluding carboxylic acids is 2. The van der Waals surface area contributed by atoms with Gasteiger partial charge in [0.05, 0.1) is 27.4 Å². The molecule has 0 unspecified atom stereocenters. The molecule has 1 aliphatic rings. The minimum Gasteiger partial charge on any atom is -0.493 e. The zero-order valence-corrected chi connectivity index (χ0v) is 17.3. The summed E-state index contributed by atoms with van der Waals surface area (Å²) in [6, 6.07) is 13.1. The summed E-state index contributed by atoms with van der Waals surface area (Å²) in [5.41, 5.74) is 2.71. The lowest BCUT2D eigenvalue weighted by molar-refractivity contribution is -0.136. The van der Waals surface area contributed by atoms with Gasteiger partial charge in [-0.15, -0.1) is 0 Å². The molecule has 160 valence electrons. The normalized spacial score (nSPS) is 13.5. The Morgan fingerprint density at radius 2 is 1.67 bits per heavy atom. The number of ether oxygens (including phenoxy) is 3. The van der Waals surface area contributed by atoms with Crippen LogP contribution in [0.15, 0.2) is 42.5 Å². The van der Waals surface area contributed by atoms with Crippen LogP contribution in [0.1, 0.15) is 5.56 Å². The van der Waals surface area contributed by atoms with Gasteiger partial charge in [0.25, 0.3) is 0 Å². The Labute approximate surface area is 176 Å². The van der Waals surface area contributed by atoms with Crippen molar-refractivity contribution in [3.8, 4) is 11.5 Å². The molecule has 0 spiro atoms. The fourth-order valence-corrected chi connectivity index (χ4v) is 3.20. The Hall–Kier alpha value is -3.26. The van der Waals surface area contributed by atoms with E-state index < -0.39 is 11.8 Å². The Kier molecular flexibility index (Phi) is 7.51. The smallest absolute Gasteiger partial charge is 0.313 e. The number of morpholine rings is 1. The predicted octanol–water partition coefficient (Wildman–Crippen LogP) is 1.84. The highest BCUT2D eigenvalue weighted by molar-refractivity contribution is 6.39. The summed E-state index contributed by atoms with van der Waals surface area (Å²) in [6.07, 6.45) is 0.638. The second-order valence-corrected chi connectivity index (χ2v) is 6.80. The average molecular weight is 413 g/mol. The summed E-state index contributed by atoms with van der Waals surface area (Å²) in [5.74, 6) is -0.407. The van der Waals surface area contributed by atoms with Crippen molar-refractivity contribution >= 4 is 23.2 Å². The molecule has 2 amide bonds. The average Bonchev–Trinajstić information content (AvgIpc) is 2.79. The van der Waals surface area contributed by atoms with Gasteiger partial charge in [0, 0.05) is 37.1 Å². The molecule has 2 aromatic rings. The molecule has 2 N–H and O–H groups in total. The molecule has 0 atom stereocenters. The van der Waals surface area contributed by atoms with Gasteiger partial charge in [-0.05, 0) is 36.2 Å². The third-order valence-electron chi connectivity index (χ3n) is 4.86. The van der Waals surface area contributed by atoms with E-state index in [0.29, 0.717) is 30.2 Å². The van der Waals surface area contributed by atoms with Crippen molar-refractivity contribution < 1.29 is 23.8 Å². The van der Waals surface area contributed by atoms with Crippen molar-refractivity contribution in [2.45, 2.75) is 6.42 Å². The van der Waals surface area contributed by atoms with Crippen LogP contribution in [0.5, 0.6) is 11.5 Å². The van der Waals surface area contributed by atoms with Crippen molar-refractivity contribution in [2.24, 2.45) is 0 Å². The number of rotatable bonds is 7. The van der Waals surface area contributed by atoms with Gasteiger partial charge in [0.1, 0.15) is 0 Å². The monoisotopic (exact) mass is 413 g/mol. The van der Waals surface area contributed by atoms with Gasteiger partial charge in [-0.25, -0.2) is 0 Å². The lowest BCUT2D eigenvalue weighted by Crippen LogP contribution is -2.36. The van der Waals surface area contributed by atoms with Crippen LogP contribution in [0.25, 0.3) is 0 Å². The maximum atomic E-state index is 12.1. The topological polar surface area (TPSA) is 89.1 Å². The summed E-state index contributed by atoms with van der Waals surface area (Å²) in [4.78, 5) is 26.5. The van der Waals surface area contributed by atoms with Crippen LogP contribution >= 0.6 is 0 Å². The molecule has 8 heteroatoms. The van der Waals surface area contributed by atoms with E-state index in [9.17, 15) is 9.59 Å². The Balaban J connectivity index is 1.45. The minimum absolute atomic E-state index is 0.370. The van der Waals surface area contributed by atoms with Crippen molar-refractivity contribution in [1.82, 2.24) is 5.32 Å². The van der Waals surface area contributed by atoms with E-state index in [1.165, 1.54) is 19.9 Å². The van der Waals surface area contributed by atoms with E-state index in [0.717, 1.165) is 31.9 Å². The number of nitrogens with zero attached hydrogens (tertiary/aromatic N) is 1. The number of anilines is 2. The molecule has 1 aliphatic heterocycles. The standard InChI is InChI=1S/C22H27N3O5/c1-28-19-8-5-17(15-20(19)29-2)24-22(27)21(26)23-10-9-16-3-6-18(7-4-16)25-11-13-30-14-12-25/h3-8,15H,9-14H2,1-2H3,(H,23,26)(H,24,27). The number of carbonyl (C=O) groups is 2. The van der Waals surface area contributed by atoms with Crippen molar-refractivity contribution in [3.63, 3.8) is 0 Å². The number of hydrogen-bond acceptors (Lipinski definition) is 6. The quantitative estimate of drug-likeness (QED) is 0.674. The first-order valence-electron chi connectivity index (χ1n) is 9.83. The van der Waals surface area contributed by atoms with E-state index in [-0.39, 0.29) is 0 Å². The van der Waals surface area contributed by atoms with Crippen LogP contribution in [0, 0.1) is 0 Å². The molecule has 0 aliphatic carbocycles. The molecule has 30 heavy (non-hydrogen) atoms. The number of benzene rings is 2. The first-order chi connectivity index (χ1) is 14.6. The molecule has 1 saturated heterocycles. The SMILES string of the molecule is COc1ccc(NC(=O)C(=O)NCCc2ccc(N3CCOCC3)cc2)cc1OC. The van der Waals surface area contributed by atoms with E-state index in [1.54, 1.807) is 18.2 Å². The van der Waals surface area contributed by atoms with Crippen molar-refractivity contribution in [1.29, 1.82) is 0 Å². The third kappa shape index (κ3) is 5.64. The summed E-state index contributed by atoms with van der Waals surface area (Å²) in [5, 5.41) is 5.20. The number of methoxy groups -OCH3 is 2. The van der Waals surface area contributed by atoms with Crippen LogP contribution in [0.2, 0.25) is 0 Å². The lowest BCUT2D eigenvalue weighted by Gasteiger charge is -2.28. The van der Waals surface area contributed by atoms with Crippen LogP contribution in [0.4, 0.5) is 11.4 Å². The van der Waals surface area contributed by atoms with E-state index in [4.69, 9.17) is 14.2 Å². The zero-order chi connectivity index (χ0) is 21.3. The molecule has 2 aromatic carbocycles. The highest BCUT2D eigenvalue weighted by Crippen LogP contribution is 2.29. The second kappa shape index (κ2) is 10.5. The molecule has 0 bridgehead atoms. The Bertz CT molecular complexity index is 864. The maximum absolute atomic E-state index is 12.1. The molecule has 1 heterocycles. The van der Waals surface area contributed by atoms with Gasteiger partial charge in [0.2, 0.25) is 0 Å². The van der Waals surface area contributed by atoms with Crippen LogP contribution < -0.4 is 25.0 Å². The first-order valence-corrected chi connectivity index (χ1v) is 9.83. The van der Waals surface area contributed by atoms with Crippen LogP contribution in [-0.2, 0) is 20.7 Å². The molecule has 3 rings (SSSR count). The highest BCUT2D eigenvalue weighted by atomic mass is 16.5. The molecule has 0 radical (unpaired) electrons. The molecule has 1 fully saturated rings. The van der Waals surface area contributed by atoms with Crippen molar-refractivity contribution in [3.05, 3.63) is 48.0 Å². The van der Waals surface area contributed by atoms with E-state index in [2.05, 4.69) is 27.7 Å². The van der Waals surface area contributed by atoms with E-state index >= 15 is 0 Å². The Morgan fingerprint density at radius 1 is 0.967 bits per heavy atom. The number of amides is 2. The summed E-state index contributed by atoms with van der Waals surface area (Å²) in [6.45, 7) is 3.66. The maximum Gasteiger partial charge on any atom is 0.313 e. The lowest BCUT2D eigenvalue weighted by atomic mass is 10.1. The van der Waals surface area contributed by atoms with Gasteiger partial charge in [0.15, 0.2) is 11.5 Å². The fraction of sp³-hybridized carbons (Fsp3) is 0.364. The van der Waals surface area contributed by atoms with Gasteiger partial charge >= 0.3 is 11.8 Å². The van der Waals surface area contributed by atoms with Gasteiger partial charge in [-0.2, -0.15) is 0 Å². The van der Waals surface area contributed by atoms with Gasteiger partial charge < -0.3 is 29.7 Å². The molecule has 8 nitrogen and oxygen atoms in total. The zero-order valence-electron chi connectivity index (χ0n) is 17.3. The highest BCUT2D eigenvalue weighted by Gasteiger charge is 2.15. The van der Waals surface area contributed by atoms with Crippen LogP contribution in [-0.4, -0.2) is 58.9 Å². The molecular formula is C22H27N3O5. The van der Waals surface area contributed by atoms with Gasteiger partial charge in [-0.3, -0.25) is 9.59 Å². The summed E-state index contributed by atoms with van der Waals surface area (Å²) >= 11 is 0. The molecular weight excluding hydrogens is 386 g/mol. The largest absolute Gasteiger partial charge is 0.493 e. The summed E-state index contributed by atoms with van der Waals surface area (Å²) in [7, 11) is 3.03. The van der Waals surface area contributed by atoms with Gasteiger partial charge in [-0.1, -0.05) is 12.1 Å². The second-order valence-electron chi connectivity index (χ2n) is 6.80. The predicted molar refractivity (Wildman–Crippen MR) is 114 cm³/mol. The first kappa shape index (κ1) is 21.4. The van der Waals surface area contributed by atoms with Crippen LogP contribution in [0.3, 0.4) is 0 Å². The molecule has 0 saturated carbocycles. The third-order valence-corrected chi connectivity index (χ3v) is 4.86. The minimum atomic E-state index is -0.732. The number of nitrogens with one attached hydrogen (secondary N) is 2. The molecule has 0 aromatic heterocycles. The van der Waals surface area contributed by atoms with Crippen molar-refractivity contribution in [2.75, 3.05) is 57.3 Å². The summed E-state index contributed by atoms with van der Waals surface area (Å²) < 4.78 is 15.7.